The first-order chi connectivity index (χ1) is 6.43. The van der Waals surface area contributed by atoms with E-state index < -0.39 is 11.9 Å². The SMILES string of the molecule is CC(C)SCC(=O)NCC(C)C(=O)O. The maximum atomic E-state index is 11.1. The maximum absolute atomic E-state index is 11.1. The fourth-order valence-electron chi connectivity index (χ4n) is 0.648. The number of amides is 1. The third-order valence-corrected chi connectivity index (χ3v) is 2.67. The van der Waals surface area contributed by atoms with Gasteiger partial charge in [0.15, 0.2) is 0 Å². The molecule has 4 nitrogen and oxygen atoms in total. The number of aliphatic carboxylic acids is 1. The highest BCUT2D eigenvalue weighted by Crippen LogP contribution is 2.07. The fourth-order valence-corrected chi connectivity index (χ4v) is 1.23. The van der Waals surface area contributed by atoms with E-state index in [-0.39, 0.29) is 12.5 Å². The van der Waals surface area contributed by atoms with Gasteiger partial charge >= 0.3 is 5.97 Å². The smallest absolute Gasteiger partial charge is 0.308 e. The number of thioether (sulfide) groups is 1. The zero-order valence-electron chi connectivity index (χ0n) is 8.74. The van der Waals surface area contributed by atoms with Crippen LogP contribution in [0.3, 0.4) is 0 Å². The van der Waals surface area contributed by atoms with E-state index in [9.17, 15) is 9.59 Å². The van der Waals surface area contributed by atoms with E-state index in [0.29, 0.717) is 11.0 Å². The van der Waals surface area contributed by atoms with E-state index in [0.717, 1.165) is 0 Å². The zero-order chi connectivity index (χ0) is 11.1. The predicted octanol–water partition coefficient (Wildman–Crippen LogP) is 0.965. The van der Waals surface area contributed by atoms with Crippen LogP contribution in [0.15, 0.2) is 0 Å². The number of hydrogen-bond acceptors (Lipinski definition) is 3. The highest BCUT2D eigenvalue weighted by molar-refractivity contribution is 8.00. The third-order valence-electron chi connectivity index (χ3n) is 1.57. The van der Waals surface area contributed by atoms with Crippen molar-refractivity contribution in [3.05, 3.63) is 0 Å². The van der Waals surface area contributed by atoms with Gasteiger partial charge in [0, 0.05) is 6.54 Å². The van der Waals surface area contributed by atoms with Gasteiger partial charge in [0.25, 0.3) is 0 Å². The lowest BCUT2D eigenvalue weighted by Gasteiger charge is -2.09. The molecular weight excluding hydrogens is 202 g/mol. The Morgan fingerprint density at radius 1 is 1.36 bits per heavy atom. The minimum absolute atomic E-state index is 0.100. The van der Waals surface area contributed by atoms with E-state index in [4.69, 9.17) is 5.11 Å². The molecule has 0 aliphatic carbocycles. The normalized spacial score (nSPS) is 12.6. The number of carbonyl (C=O) groups is 2. The van der Waals surface area contributed by atoms with E-state index in [2.05, 4.69) is 5.32 Å². The highest BCUT2D eigenvalue weighted by Gasteiger charge is 2.12. The Hall–Kier alpha value is -0.710. The van der Waals surface area contributed by atoms with Crippen molar-refractivity contribution in [2.24, 2.45) is 5.92 Å². The van der Waals surface area contributed by atoms with Gasteiger partial charge in [-0.15, -0.1) is 11.8 Å². The molecule has 0 bridgehead atoms. The Labute approximate surface area is 88.4 Å². The molecule has 0 fully saturated rings. The number of carbonyl (C=O) groups excluding carboxylic acids is 1. The standard InChI is InChI=1S/C9H17NO3S/c1-6(2)14-5-8(11)10-4-7(3)9(12)13/h6-7H,4-5H2,1-3H3,(H,10,11)(H,12,13). The van der Waals surface area contributed by atoms with Gasteiger partial charge in [0.2, 0.25) is 5.91 Å². The molecule has 14 heavy (non-hydrogen) atoms. The Balaban J connectivity index is 3.59. The molecule has 5 heteroatoms. The van der Waals surface area contributed by atoms with Crippen molar-refractivity contribution in [3.63, 3.8) is 0 Å². The molecule has 0 aromatic heterocycles. The molecule has 0 saturated heterocycles. The van der Waals surface area contributed by atoms with Crippen molar-refractivity contribution in [1.29, 1.82) is 0 Å². The molecule has 0 aliphatic heterocycles. The molecule has 0 aromatic rings. The second-order valence-electron chi connectivity index (χ2n) is 3.40. The maximum Gasteiger partial charge on any atom is 0.308 e. The first-order valence-corrected chi connectivity index (χ1v) is 5.59. The van der Waals surface area contributed by atoms with Crippen LogP contribution in [0.1, 0.15) is 20.8 Å². The second kappa shape index (κ2) is 6.70. The van der Waals surface area contributed by atoms with Crippen molar-refractivity contribution in [2.75, 3.05) is 12.3 Å². The summed E-state index contributed by atoms with van der Waals surface area (Å²) in [6, 6.07) is 0. The zero-order valence-corrected chi connectivity index (χ0v) is 9.56. The minimum Gasteiger partial charge on any atom is -0.481 e. The van der Waals surface area contributed by atoms with Crippen molar-refractivity contribution in [2.45, 2.75) is 26.0 Å². The van der Waals surface area contributed by atoms with Crippen LogP contribution in [0.2, 0.25) is 0 Å². The van der Waals surface area contributed by atoms with Gasteiger partial charge in [-0.05, 0) is 5.25 Å². The Bertz CT molecular complexity index is 206. The molecule has 1 atom stereocenters. The van der Waals surface area contributed by atoms with Crippen molar-refractivity contribution < 1.29 is 14.7 Å². The summed E-state index contributed by atoms with van der Waals surface area (Å²) in [5, 5.41) is 11.5. The molecule has 0 saturated carbocycles. The quantitative estimate of drug-likeness (QED) is 0.698. The Morgan fingerprint density at radius 2 is 1.93 bits per heavy atom. The van der Waals surface area contributed by atoms with Crippen LogP contribution in [-0.4, -0.2) is 34.5 Å². The summed E-state index contributed by atoms with van der Waals surface area (Å²) in [5.74, 6) is -1.12. The van der Waals surface area contributed by atoms with Gasteiger partial charge in [0.05, 0.1) is 11.7 Å². The molecule has 1 amide bonds. The molecule has 1 unspecified atom stereocenters. The molecule has 0 aromatic carbocycles. The number of hydrogen-bond donors (Lipinski definition) is 2. The van der Waals surface area contributed by atoms with E-state index in [1.807, 2.05) is 13.8 Å². The summed E-state index contributed by atoms with van der Waals surface area (Å²) in [4.78, 5) is 21.6. The summed E-state index contributed by atoms with van der Waals surface area (Å²) in [7, 11) is 0. The Morgan fingerprint density at radius 3 is 2.36 bits per heavy atom. The summed E-state index contributed by atoms with van der Waals surface area (Å²) in [6.45, 7) is 5.79. The van der Waals surface area contributed by atoms with Gasteiger partial charge in [-0.25, -0.2) is 0 Å². The molecular formula is C9H17NO3S. The fraction of sp³-hybridized carbons (Fsp3) is 0.778. The Kier molecular flexibility index (Phi) is 6.36. The van der Waals surface area contributed by atoms with Crippen LogP contribution < -0.4 is 5.32 Å². The monoisotopic (exact) mass is 219 g/mol. The molecule has 0 aliphatic rings. The van der Waals surface area contributed by atoms with E-state index in [1.54, 1.807) is 6.92 Å². The first-order valence-electron chi connectivity index (χ1n) is 4.54. The van der Waals surface area contributed by atoms with Crippen LogP contribution in [0.4, 0.5) is 0 Å². The van der Waals surface area contributed by atoms with Crippen LogP contribution in [0.5, 0.6) is 0 Å². The minimum atomic E-state index is -0.887. The molecule has 0 radical (unpaired) electrons. The largest absolute Gasteiger partial charge is 0.481 e. The van der Waals surface area contributed by atoms with Gasteiger partial charge in [-0.1, -0.05) is 20.8 Å². The van der Waals surface area contributed by atoms with Gasteiger partial charge < -0.3 is 10.4 Å². The van der Waals surface area contributed by atoms with Crippen molar-refractivity contribution in [3.8, 4) is 0 Å². The summed E-state index contributed by atoms with van der Waals surface area (Å²) in [6.07, 6.45) is 0. The predicted molar refractivity (Wildman–Crippen MR) is 57.4 cm³/mol. The van der Waals surface area contributed by atoms with Crippen LogP contribution in [0, 0.1) is 5.92 Å². The summed E-state index contributed by atoms with van der Waals surface area (Å²) >= 11 is 1.54. The lowest BCUT2D eigenvalue weighted by molar-refractivity contribution is -0.141. The highest BCUT2D eigenvalue weighted by atomic mass is 32.2. The summed E-state index contributed by atoms with van der Waals surface area (Å²) in [5.41, 5.74) is 0. The van der Waals surface area contributed by atoms with Gasteiger partial charge in [0.1, 0.15) is 0 Å². The van der Waals surface area contributed by atoms with Gasteiger partial charge in [-0.2, -0.15) is 0 Å². The van der Waals surface area contributed by atoms with Crippen LogP contribution in [-0.2, 0) is 9.59 Å². The second-order valence-corrected chi connectivity index (χ2v) is 4.97. The number of carboxylic acids is 1. The summed E-state index contributed by atoms with van der Waals surface area (Å²) < 4.78 is 0. The molecule has 0 heterocycles. The van der Waals surface area contributed by atoms with Gasteiger partial charge in [-0.3, -0.25) is 9.59 Å². The third kappa shape index (κ3) is 6.77. The van der Waals surface area contributed by atoms with E-state index in [1.165, 1.54) is 11.8 Å². The van der Waals surface area contributed by atoms with E-state index >= 15 is 0 Å². The number of rotatable bonds is 6. The first kappa shape index (κ1) is 13.3. The molecule has 0 spiro atoms. The lowest BCUT2D eigenvalue weighted by atomic mass is 10.2. The number of nitrogens with one attached hydrogen (secondary N) is 1. The molecule has 82 valence electrons. The van der Waals surface area contributed by atoms with Crippen molar-refractivity contribution in [1.82, 2.24) is 5.32 Å². The number of carboxylic acid groups (broad SMARTS) is 1. The average molecular weight is 219 g/mol. The van der Waals surface area contributed by atoms with Crippen LogP contribution in [0.25, 0.3) is 0 Å². The average Bonchev–Trinajstić information content (AvgIpc) is 2.10. The van der Waals surface area contributed by atoms with Crippen LogP contribution >= 0.6 is 11.8 Å². The van der Waals surface area contributed by atoms with Crippen molar-refractivity contribution >= 4 is 23.6 Å². The molecule has 2 N–H and O–H groups in total. The topological polar surface area (TPSA) is 66.4 Å². The molecule has 0 rings (SSSR count). The lowest BCUT2D eigenvalue weighted by Crippen LogP contribution is -2.32.